The van der Waals surface area contributed by atoms with E-state index in [1.807, 2.05) is 11.5 Å². The van der Waals surface area contributed by atoms with Crippen molar-refractivity contribution in [2.45, 2.75) is 36.8 Å². The molecule has 0 fully saturated rings. The Morgan fingerprint density at radius 1 is 1.33 bits per heavy atom. The average molecular weight is 286 g/mol. The van der Waals surface area contributed by atoms with E-state index in [0.717, 1.165) is 13.0 Å². The third-order valence-electron chi connectivity index (χ3n) is 2.16. The van der Waals surface area contributed by atoms with Crippen LogP contribution < -0.4 is 0 Å². The monoisotopic (exact) mass is 285 g/mol. The molecule has 0 aliphatic heterocycles. The van der Waals surface area contributed by atoms with Crippen LogP contribution in [0.1, 0.15) is 19.2 Å². The number of hydrogen-bond donors (Lipinski definition) is 1. The third kappa shape index (κ3) is 2.98. The van der Waals surface area contributed by atoms with E-state index >= 15 is 0 Å². The first kappa shape index (κ1) is 13.3. The number of aromatic nitrogens is 5. The number of halogens is 1. The first-order valence-corrected chi connectivity index (χ1v) is 6.62. The summed E-state index contributed by atoms with van der Waals surface area (Å²) in [6, 6.07) is 0. The van der Waals surface area contributed by atoms with Gasteiger partial charge in [0.25, 0.3) is 0 Å². The topological polar surface area (TPSA) is 76.7 Å². The molecule has 0 aliphatic rings. The largest absolute Gasteiger partial charge is 0.388 e. The lowest BCUT2D eigenvalue weighted by atomic mass is 10.4. The third-order valence-corrected chi connectivity index (χ3v) is 3.23. The first-order valence-electron chi connectivity index (χ1n) is 5.43. The Bertz CT molecular complexity index is 515. The van der Waals surface area contributed by atoms with Gasteiger partial charge in [0.2, 0.25) is 0 Å². The number of rotatable bonds is 5. The molecular formula is C10H12ClN5OS. The van der Waals surface area contributed by atoms with Crippen molar-refractivity contribution >= 4 is 23.4 Å². The highest BCUT2D eigenvalue weighted by molar-refractivity contribution is 7.99. The van der Waals surface area contributed by atoms with Gasteiger partial charge in [-0.25, -0.2) is 9.97 Å². The van der Waals surface area contributed by atoms with Crippen LogP contribution in [0, 0.1) is 0 Å². The molecule has 2 aromatic rings. The predicted octanol–water partition coefficient (Wildman–Crippen LogP) is 1.77. The molecule has 0 spiro atoms. The van der Waals surface area contributed by atoms with Gasteiger partial charge >= 0.3 is 0 Å². The highest BCUT2D eigenvalue weighted by Crippen LogP contribution is 2.24. The van der Waals surface area contributed by atoms with E-state index in [1.165, 1.54) is 24.2 Å². The van der Waals surface area contributed by atoms with E-state index in [0.29, 0.717) is 21.2 Å². The van der Waals surface area contributed by atoms with Crippen molar-refractivity contribution in [1.82, 2.24) is 24.7 Å². The second-order valence-corrected chi connectivity index (χ2v) is 4.87. The molecule has 0 aromatic carbocycles. The molecule has 2 heterocycles. The molecule has 0 amide bonds. The maximum Gasteiger partial charge on any atom is 0.199 e. The summed E-state index contributed by atoms with van der Waals surface area (Å²) in [5.41, 5.74) is 0. The number of nitrogens with zero attached hydrogens (tertiary/aromatic N) is 5. The molecule has 0 radical (unpaired) electrons. The fourth-order valence-corrected chi connectivity index (χ4v) is 2.25. The maximum absolute atomic E-state index is 9.18. The van der Waals surface area contributed by atoms with E-state index in [1.54, 1.807) is 0 Å². The molecule has 0 saturated heterocycles. The molecule has 18 heavy (non-hydrogen) atoms. The molecule has 2 rings (SSSR count). The quantitative estimate of drug-likeness (QED) is 0.844. The average Bonchev–Trinajstić information content (AvgIpc) is 2.75. The van der Waals surface area contributed by atoms with Crippen molar-refractivity contribution in [3.8, 4) is 0 Å². The van der Waals surface area contributed by atoms with Crippen LogP contribution in [0.3, 0.4) is 0 Å². The van der Waals surface area contributed by atoms with Gasteiger partial charge in [0, 0.05) is 6.54 Å². The highest BCUT2D eigenvalue weighted by atomic mass is 35.5. The van der Waals surface area contributed by atoms with Gasteiger partial charge in [-0.15, -0.1) is 10.2 Å². The van der Waals surface area contributed by atoms with Crippen LogP contribution in [0.2, 0.25) is 5.02 Å². The SMILES string of the molecule is CCCn1c(CO)nnc1Sc1ncc(Cl)cn1. The molecule has 96 valence electrons. The molecule has 1 N–H and O–H groups in total. The lowest BCUT2D eigenvalue weighted by Crippen LogP contribution is -2.04. The molecule has 0 saturated carbocycles. The Labute approximate surface area is 113 Å². The fraction of sp³-hybridized carbons (Fsp3) is 0.400. The number of aliphatic hydroxyl groups is 1. The predicted molar refractivity (Wildman–Crippen MR) is 67.4 cm³/mol. The lowest BCUT2D eigenvalue weighted by Gasteiger charge is -2.06. The normalized spacial score (nSPS) is 10.8. The van der Waals surface area contributed by atoms with Gasteiger partial charge in [-0.05, 0) is 18.2 Å². The first-order chi connectivity index (χ1) is 8.74. The summed E-state index contributed by atoms with van der Waals surface area (Å²) < 4.78 is 1.86. The van der Waals surface area contributed by atoms with Gasteiger partial charge in [0.15, 0.2) is 16.1 Å². The summed E-state index contributed by atoms with van der Waals surface area (Å²) in [6.45, 7) is 2.67. The summed E-state index contributed by atoms with van der Waals surface area (Å²) in [4.78, 5) is 8.17. The van der Waals surface area contributed by atoms with Crippen LogP contribution in [-0.2, 0) is 13.2 Å². The van der Waals surface area contributed by atoms with E-state index < -0.39 is 0 Å². The molecule has 6 nitrogen and oxygen atoms in total. The lowest BCUT2D eigenvalue weighted by molar-refractivity contribution is 0.263. The molecule has 0 atom stereocenters. The Kier molecular flexibility index (Phi) is 4.51. The van der Waals surface area contributed by atoms with Crippen molar-refractivity contribution in [2.24, 2.45) is 0 Å². The minimum absolute atomic E-state index is 0.130. The minimum atomic E-state index is -0.130. The standard InChI is InChI=1S/C10H12ClN5OS/c1-2-3-16-8(6-17)14-15-10(16)18-9-12-4-7(11)5-13-9/h4-5,17H,2-3,6H2,1H3. The van der Waals surface area contributed by atoms with Crippen molar-refractivity contribution in [1.29, 1.82) is 0 Å². The van der Waals surface area contributed by atoms with E-state index in [9.17, 15) is 5.11 Å². The van der Waals surface area contributed by atoms with Crippen LogP contribution in [0.15, 0.2) is 22.7 Å². The van der Waals surface area contributed by atoms with Gasteiger partial charge in [-0.3, -0.25) is 0 Å². The highest BCUT2D eigenvalue weighted by Gasteiger charge is 2.13. The van der Waals surface area contributed by atoms with Gasteiger partial charge in [-0.2, -0.15) is 0 Å². The summed E-state index contributed by atoms with van der Waals surface area (Å²) >= 11 is 7.02. The zero-order chi connectivity index (χ0) is 13.0. The smallest absolute Gasteiger partial charge is 0.199 e. The zero-order valence-corrected chi connectivity index (χ0v) is 11.3. The minimum Gasteiger partial charge on any atom is -0.388 e. The molecule has 0 aliphatic carbocycles. The molecule has 0 bridgehead atoms. The Morgan fingerprint density at radius 3 is 2.67 bits per heavy atom. The van der Waals surface area contributed by atoms with E-state index in [4.69, 9.17) is 11.6 Å². The molecule has 8 heteroatoms. The summed E-state index contributed by atoms with van der Waals surface area (Å²) in [6.07, 6.45) is 3.99. The van der Waals surface area contributed by atoms with Crippen molar-refractivity contribution in [3.63, 3.8) is 0 Å². The van der Waals surface area contributed by atoms with Crippen LogP contribution in [-0.4, -0.2) is 29.8 Å². The maximum atomic E-state index is 9.18. The van der Waals surface area contributed by atoms with Crippen LogP contribution >= 0.6 is 23.4 Å². The van der Waals surface area contributed by atoms with E-state index in [-0.39, 0.29) is 6.61 Å². The second-order valence-electron chi connectivity index (χ2n) is 3.49. The van der Waals surface area contributed by atoms with Gasteiger partial charge < -0.3 is 9.67 Å². The Balaban J connectivity index is 2.22. The molecule has 2 aromatic heterocycles. The van der Waals surface area contributed by atoms with Crippen LogP contribution in [0.4, 0.5) is 0 Å². The van der Waals surface area contributed by atoms with Gasteiger partial charge in [0.1, 0.15) is 6.61 Å². The van der Waals surface area contributed by atoms with Gasteiger partial charge in [0.05, 0.1) is 17.4 Å². The molecule has 0 unspecified atom stereocenters. The number of aliphatic hydroxyl groups excluding tert-OH is 1. The summed E-state index contributed by atoms with van der Waals surface area (Å²) in [5.74, 6) is 0.549. The molecular weight excluding hydrogens is 274 g/mol. The van der Waals surface area contributed by atoms with Crippen molar-refractivity contribution < 1.29 is 5.11 Å². The summed E-state index contributed by atoms with van der Waals surface area (Å²) in [7, 11) is 0. The van der Waals surface area contributed by atoms with Crippen LogP contribution in [0.5, 0.6) is 0 Å². The van der Waals surface area contributed by atoms with Gasteiger partial charge in [-0.1, -0.05) is 18.5 Å². The van der Waals surface area contributed by atoms with Crippen LogP contribution in [0.25, 0.3) is 0 Å². The second kappa shape index (κ2) is 6.12. The summed E-state index contributed by atoms with van der Waals surface area (Å²) in [5, 5.41) is 18.8. The fourth-order valence-electron chi connectivity index (χ4n) is 1.39. The number of hydrogen-bond acceptors (Lipinski definition) is 6. The van der Waals surface area contributed by atoms with Crippen molar-refractivity contribution in [3.05, 3.63) is 23.2 Å². The van der Waals surface area contributed by atoms with E-state index in [2.05, 4.69) is 20.2 Å². The Morgan fingerprint density at radius 2 is 2.06 bits per heavy atom. The zero-order valence-electron chi connectivity index (χ0n) is 9.75. The van der Waals surface area contributed by atoms with Crippen molar-refractivity contribution in [2.75, 3.05) is 0 Å². The Hall–Kier alpha value is -1.18.